The molecule has 0 saturated heterocycles. The Hall–Kier alpha value is -1.39. The molecule has 0 radical (unpaired) electrons. The van der Waals surface area contributed by atoms with Gasteiger partial charge in [-0.1, -0.05) is 6.07 Å². The number of pyridine rings is 1. The summed E-state index contributed by atoms with van der Waals surface area (Å²) < 4.78 is 0. The first-order valence-electron chi connectivity index (χ1n) is 5.53. The fourth-order valence-electron chi connectivity index (χ4n) is 1.79. The van der Waals surface area contributed by atoms with Gasteiger partial charge in [-0.15, -0.1) is 0 Å². The van der Waals surface area contributed by atoms with E-state index in [0.29, 0.717) is 0 Å². The van der Waals surface area contributed by atoms with Crippen molar-refractivity contribution in [3.05, 3.63) is 46.3 Å². The van der Waals surface area contributed by atoms with Gasteiger partial charge >= 0.3 is 0 Å². The number of nitrogens with zero attached hydrogens (tertiary/aromatic N) is 2. The summed E-state index contributed by atoms with van der Waals surface area (Å²) in [6.07, 6.45) is 1.26. The van der Waals surface area contributed by atoms with Gasteiger partial charge in [0.15, 0.2) is 0 Å². The van der Waals surface area contributed by atoms with Gasteiger partial charge in [0.05, 0.1) is 6.10 Å². The number of hydrogen-bond donors (Lipinski definition) is 1. The van der Waals surface area contributed by atoms with Crippen LogP contribution in [0.3, 0.4) is 0 Å². The summed E-state index contributed by atoms with van der Waals surface area (Å²) in [4.78, 5) is 6.41. The first-order valence-corrected chi connectivity index (χ1v) is 6.48. The van der Waals surface area contributed by atoms with E-state index in [0.717, 1.165) is 17.9 Å². The van der Waals surface area contributed by atoms with Gasteiger partial charge in [-0.3, -0.25) is 0 Å². The molecule has 0 amide bonds. The number of aliphatic hydroxyl groups excluding tert-OH is 1. The molecule has 90 valence electrons. The predicted molar refractivity (Wildman–Crippen MR) is 71.3 cm³/mol. The molecule has 17 heavy (non-hydrogen) atoms. The average molecular weight is 248 g/mol. The van der Waals surface area contributed by atoms with Gasteiger partial charge in [-0.05, 0) is 35.4 Å². The molecule has 2 heterocycles. The molecule has 4 heteroatoms. The van der Waals surface area contributed by atoms with Crippen LogP contribution in [-0.4, -0.2) is 17.1 Å². The van der Waals surface area contributed by atoms with Crippen LogP contribution in [0, 0.1) is 0 Å². The third-order valence-electron chi connectivity index (χ3n) is 2.63. The van der Waals surface area contributed by atoms with Crippen LogP contribution in [-0.2, 0) is 6.54 Å². The highest BCUT2D eigenvalue weighted by molar-refractivity contribution is 7.07. The molecule has 0 aliphatic rings. The SMILES string of the molecule is CC(O)c1cccnc1N(C)Cc1ccsc1. The van der Waals surface area contributed by atoms with Crippen LogP contribution < -0.4 is 4.90 Å². The lowest BCUT2D eigenvalue weighted by Gasteiger charge is -2.21. The maximum atomic E-state index is 9.71. The van der Waals surface area contributed by atoms with E-state index in [1.54, 1.807) is 24.5 Å². The van der Waals surface area contributed by atoms with Crippen molar-refractivity contribution in [1.29, 1.82) is 0 Å². The summed E-state index contributed by atoms with van der Waals surface area (Å²) in [5, 5.41) is 13.9. The fourth-order valence-corrected chi connectivity index (χ4v) is 2.45. The molecule has 0 aromatic carbocycles. The summed E-state index contributed by atoms with van der Waals surface area (Å²) in [5.41, 5.74) is 2.13. The maximum Gasteiger partial charge on any atom is 0.134 e. The van der Waals surface area contributed by atoms with Crippen molar-refractivity contribution in [2.24, 2.45) is 0 Å². The van der Waals surface area contributed by atoms with Crippen LogP contribution in [0.25, 0.3) is 0 Å². The lowest BCUT2D eigenvalue weighted by atomic mass is 10.1. The molecule has 2 aromatic heterocycles. The fraction of sp³-hybridized carbons (Fsp3) is 0.308. The normalized spacial score (nSPS) is 12.4. The van der Waals surface area contributed by atoms with Crippen molar-refractivity contribution in [1.82, 2.24) is 4.98 Å². The van der Waals surface area contributed by atoms with Crippen LogP contribution >= 0.6 is 11.3 Å². The molecule has 0 aliphatic carbocycles. The Kier molecular flexibility index (Phi) is 3.76. The van der Waals surface area contributed by atoms with Crippen molar-refractivity contribution in [2.45, 2.75) is 19.6 Å². The monoisotopic (exact) mass is 248 g/mol. The highest BCUT2D eigenvalue weighted by atomic mass is 32.1. The number of aromatic nitrogens is 1. The first-order chi connectivity index (χ1) is 8.18. The van der Waals surface area contributed by atoms with Gasteiger partial charge in [-0.2, -0.15) is 11.3 Å². The highest BCUT2D eigenvalue weighted by Crippen LogP contribution is 2.24. The second kappa shape index (κ2) is 5.29. The summed E-state index contributed by atoms with van der Waals surface area (Å²) >= 11 is 1.69. The van der Waals surface area contributed by atoms with E-state index in [1.165, 1.54) is 5.56 Å². The summed E-state index contributed by atoms with van der Waals surface area (Å²) in [6.45, 7) is 2.57. The van der Waals surface area contributed by atoms with Gasteiger partial charge in [-0.25, -0.2) is 4.98 Å². The summed E-state index contributed by atoms with van der Waals surface area (Å²) in [7, 11) is 1.99. The lowest BCUT2D eigenvalue weighted by molar-refractivity contribution is 0.199. The Bertz CT molecular complexity index is 468. The molecule has 0 spiro atoms. The predicted octanol–water partition coefficient (Wildman–Crippen LogP) is 2.83. The Balaban J connectivity index is 2.21. The van der Waals surface area contributed by atoms with Crippen molar-refractivity contribution in [3.8, 4) is 0 Å². The van der Waals surface area contributed by atoms with E-state index >= 15 is 0 Å². The maximum absolute atomic E-state index is 9.71. The molecule has 0 bridgehead atoms. The minimum Gasteiger partial charge on any atom is -0.389 e. The molecule has 0 fully saturated rings. The second-order valence-corrected chi connectivity index (χ2v) is 4.86. The van der Waals surface area contributed by atoms with E-state index in [9.17, 15) is 5.11 Å². The topological polar surface area (TPSA) is 36.4 Å². The molecular weight excluding hydrogens is 232 g/mol. The molecule has 1 unspecified atom stereocenters. The van der Waals surface area contributed by atoms with Crippen molar-refractivity contribution < 1.29 is 5.11 Å². The van der Waals surface area contributed by atoms with E-state index in [1.807, 2.05) is 19.2 Å². The quantitative estimate of drug-likeness (QED) is 0.904. The molecule has 0 aliphatic heterocycles. The van der Waals surface area contributed by atoms with Gasteiger partial charge in [0, 0.05) is 25.4 Å². The highest BCUT2D eigenvalue weighted by Gasteiger charge is 2.12. The largest absolute Gasteiger partial charge is 0.389 e. The van der Waals surface area contributed by atoms with E-state index in [-0.39, 0.29) is 0 Å². The lowest BCUT2D eigenvalue weighted by Crippen LogP contribution is -2.19. The van der Waals surface area contributed by atoms with Gasteiger partial charge in [0.25, 0.3) is 0 Å². The van der Waals surface area contributed by atoms with Crippen LogP contribution in [0.1, 0.15) is 24.2 Å². The van der Waals surface area contributed by atoms with Crippen molar-refractivity contribution in [3.63, 3.8) is 0 Å². The zero-order valence-electron chi connectivity index (χ0n) is 10.00. The number of anilines is 1. The Morgan fingerprint density at radius 1 is 1.47 bits per heavy atom. The summed E-state index contributed by atoms with van der Waals surface area (Å²) in [6, 6.07) is 5.87. The van der Waals surface area contributed by atoms with E-state index in [2.05, 4.69) is 26.7 Å². The Morgan fingerprint density at radius 2 is 2.29 bits per heavy atom. The zero-order chi connectivity index (χ0) is 12.3. The van der Waals surface area contributed by atoms with Crippen LogP contribution in [0.15, 0.2) is 35.2 Å². The first kappa shape index (κ1) is 12.1. The number of hydrogen-bond acceptors (Lipinski definition) is 4. The molecule has 2 aromatic rings. The minimum atomic E-state index is -0.497. The Morgan fingerprint density at radius 3 is 2.94 bits per heavy atom. The number of rotatable bonds is 4. The van der Waals surface area contributed by atoms with Crippen molar-refractivity contribution in [2.75, 3.05) is 11.9 Å². The van der Waals surface area contributed by atoms with E-state index in [4.69, 9.17) is 0 Å². The molecular formula is C13H16N2OS. The third-order valence-corrected chi connectivity index (χ3v) is 3.36. The minimum absolute atomic E-state index is 0.497. The molecule has 1 N–H and O–H groups in total. The van der Waals surface area contributed by atoms with Gasteiger partial charge < -0.3 is 10.0 Å². The van der Waals surface area contributed by atoms with Crippen molar-refractivity contribution >= 4 is 17.2 Å². The van der Waals surface area contributed by atoms with Crippen LogP contribution in [0.5, 0.6) is 0 Å². The molecule has 3 nitrogen and oxygen atoms in total. The standard InChI is InChI=1S/C13H16N2OS/c1-10(16)12-4-3-6-14-13(12)15(2)8-11-5-7-17-9-11/h3-7,9-10,16H,8H2,1-2H3. The average Bonchev–Trinajstić information content (AvgIpc) is 2.81. The van der Waals surface area contributed by atoms with Crippen LogP contribution in [0.2, 0.25) is 0 Å². The Labute approximate surface area is 105 Å². The van der Waals surface area contributed by atoms with Gasteiger partial charge in [0.1, 0.15) is 5.82 Å². The molecule has 2 rings (SSSR count). The second-order valence-electron chi connectivity index (χ2n) is 4.08. The third kappa shape index (κ3) is 2.84. The van der Waals surface area contributed by atoms with Gasteiger partial charge in [0.2, 0.25) is 0 Å². The number of aliphatic hydroxyl groups is 1. The zero-order valence-corrected chi connectivity index (χ0v) is 10.8. The molecule has 0 saturated carbocycles. The van der Waals surface area contributed by atoms with Crippen LogP contribution in [0.4, 0.5) is 5.82 Å². The summed E-state index contributed by atoms with van der Waals surface area (Å²) in [5.74, 6) is 0.841. The smallest absolute Gasteiger partial charge is 0.134 e. The number of thiophene rings is 1. The van der Waals surface area contributed by atoms with E-state index < -0.39 is 6.10 Å². The molecule has 1 atom stereocenters.